The highest BCUT2D eigenvalue weighted by Gasteiger charge is 2.10. The SMILES string of the molecule is CSc1nnc(CNc2cc(F)c(F)c(F)c2)s1. The molecule has 0 aliphatic carbocycles. The minimum atomic E-state index is -1.47. The number of hydrogen-bond acceptors (Lipinski definition) is 5. The predicted molar refractivity (Wildman–Crippen MR) is 65.3 cm³/mol. The number of nitrogens with one attached hydrogen (secondary N) is 1. The molecule has 1 N–H and O–H groups in total. The summed E-state index contributed by atoms with van der Waals surface area (Å²) in [5.74, 6) is -3.92. The molecule has 0 saturated heterocycles. The first-order valence-corrected chi connectivity index (χ1v) is 6.89. The van der Waals surface area contributed by atoms with Gasteiger partial charge < -0.3 is 5.32 Å². The molecule has 0 unspecified atom stereocenters. The Hall–Kier alpha value is -1.28. The van der Waals surface area contributed by atoms with Crippen LogP contribution in [0.4, 0.5) is 18.9 Å². The van der Waals surface area contributed by atoms with Crippen molar-refractivity contribution in [1.82, 2.24) is 10.2 Å². The average molecular weight is 291 g/mol. The number of thioether (sulfide) groups is 1. The van der Waals surface area contributed by atoms with Crippen LogP contribution < -0.4 is 5.32 Å². The lowest BCUT2D eigenvalue weighted by molar-refractivity contribution is 0.447. The summed E-state index contributed by atoms with van der Waals surface area (Å²) < 4.78 is 39.4. The summed E-state index contributed by atoms with van der Waals surface area (Å²) in [6.07, 6.45) is 1.88. The molecule has 1 heterocycles. The van der Waals surface area contributed by atoms with Crippen molar-refractivity contribution in [3.05, 3.63) is 34.6 Å². The largest absolute Gasteiger partial charge is 0.378 e. The minimum absolute atomic E-state index is 0.160. The third-order valence-electron chi connectivity index (χ3n) is 2.05. The fourth-order valence-corrected chi connectivity index (χ4v) is 2.48. The van der Waals surface area contributed by atoms with Crippen LogP contribution in [-0.2, 0) is 6.54 Å². The van der Waals surface area contributed by atoms with Gasteiger partial charge in [-0.15, -0.1) is 10.2 Å². The van der Waals surface area contributed by atoms with Gasteiger partial charge >= 0.3 is 0 Å². The molecule has 0 saturated carbocycles. The summed E-state index contributed by atoms with van der Waals surface area (Å²) >= 11 is 2.85. The maximum atomic E-state index is 12.9. The van der Waals surface area contributed by atoms with E-state index in [1.165, 1.54) is 23.1 Å². The molecule has 0 fully saturated rings. The van der Waals surface area contributed by atoms with Crippen LogP contribution in [0.2, 0.25) is 0 Å². The smallest absolute Gasteiger partial charge is 0.194 e. The van der Waals surface area contributed by atoms with E-state index in [1.54, 1.807) is 0 Å². The molecule has 18 heavy (non-hydrogen) atoms. The zero-order valence-electron chi connectivity index (χ0n) is 9.21. The summed E-state index contributed by atoms with van der Waals surface area (Å²) in [6.45, 7) is 0.280. The quantitative estimate of drug-likeness (QED) is 0.693. The second-order valence-corrected chi connectivity index (χ2v) is 5.39. The Bertz CT molecular complexity index is 536. The van der Waals surface area contributed by atoms with Gasteiger partial charge in [-0.2, -0.15) is 0 Å². The average Bonchev–Trinajstić information content (AvgIpc) is 2.81. The molecule has 96 valence electrons. The predicted octanol–water partition coefficient (Wildman–Crippen LogP) is 3.29. The van der Waals surface area contributed by atoms with E-state index in [0.29, 0.717) is 5.01 Å². The second kappa shape index (κ2) is 5.57. The Morgan fingerprint density at radius 1 is 1.22 bits per heavy atom. The highest BCUT2D eigenvalue weighted by molar-refractivity contribution is 8.00. The topological polar surface area (TPSA) is 37.8 Å². The Labute approximate surface area is 109 Å². The number of anilines is 1. The Morgan fingerprint density at radius 3 is 2.44 bits per heavy atom. The number of nitrogens with zero attached hydrogens (tertiary/aromatic N) is 2. The molecule has 0 radical (unpaired) electrons. The van der Waals surface area contributed by atoms with Crippen LogP contribution >= 0.6 is 23.1 Å². The molecule has 2 aromatic rings. The van der Waals surface area contributed by atoms with Gasteiger partial charge in [0.25, 0.3) is 0 Å². The number of hydrogen-bond donors (Lipinski definition) is 1. The number of rotatable bonds is 4. The normalized spacial score (nSPS) is 10.7. The standard InChI is InChI=1S/C10H8F3N3S2/c1-17-10-16-15-8(18-10)4-14-5-2-6(11)9(13)7(12)3-5/h2-3,14H,4H2,1H3. The van der Waals surface area contributed by atoms with Crippen molar-refractivity contribution in [1.29, 1.82) is 0 Å². The molecule has 0 aliphatic heterocycles. The first kappa shape index (κ1) is 13.2. The van der Waals surface area contributed by atoms with Crippen LogP contribution in [0.25, 0.3) is 0 Å². The maximum Gasteiger partial charge on any atom is 0.194 e. The molecular weight excluding hydrogens is 283 g/mol. The van der Waals surface area contributed by atoms with Crippen molar-refractivity contribution in [2.75, 3.05) is 11.6 Å². The van der Waals surface area contributed by atoms with Crippen LogP contribution in [0.1, 0.15) is 5.01 Å². The maximum absolute atomic E-state index is 12.9. The van der Waals surface area contributed by atoms with Gasteiger partial charge in [-0.1, -0.05) is 23.1 Å². The highest BCUT2D eigenvalue weighted by atomic mass is 32.2. The molecule has 2 rings (SSSR count). The summed E-state index contributed by atoms with van der Waals surface area (Å²) in [6, 6.07) is 1.80. The van der Waals surface area contributed by atoms with Gasteiger partial charge in [0.15, 0.2) is 21.8 Å². The zero-order chi connectivity index (χ0) is 13.1. The second-order valence-electron chi connectivity index (χ2n) is 3.27. The van der Waals surface area contributed by atoms with Gasteiger partial charge in [-0.05, 0) is 6.26 Å². The van der Waals surface area contributed by atoms with Crippen molar-refractivity contribution in [3.63, 3.8) is 0 Å². The lowest BCUT2D eigenvalue weighted by Gasteiger charge is -2.04. The van der Waals surface area contributed by atoms with Crippen molar-refractivity contribution in [2.45, 2.75) is 10.9 Å². The van der Waals surface area contributed by atoms with Gasteiger partial charge in [0, 0.05) is 17.8 Å². The first-order chi connectivity index (χ1) is 8.60. The van der Waals surface area contributed by atoms with Gasteiger partial charge in [-0.3, -0.25) is 0 Å². The van der Waals surface area contributed by atoms with Crippen molar-refractivity contribution in [2.24, 2.45) is 0 Å². The van der Waals surface area contributed by atoms with Crippen LogP contribution in [0.15, 0.2) is 16.5 Å². The molecule has 0 bridgehead atoms. The van der Waals surface area contributed by atoms with Crippen LogP contribution in [0.5, 0.6) is 0 Å². The lowest BCUT2D eigenvalue weighted by atomic mass is 10.3. The van der Waals surface area contributed by atoms with E-state index < -0.39 is 17.5 Å². The molecule has 0 aliphatic rings. The number of halogens is 3. The summed E-state index contributed by atoms with van der Waals surface area (Å²) in [7, 11) is 0. The minimum Gasteiger partial charge on any atom is -0.378 e. The molecule has 1 aromatic heterocycles. The Balaban J connectivity index is 2.06. The summed E-state index contributed by atoms with van der Waals surface area (Å²) in [5.41, 5.74) is 0.160. The lowest BCUT2D eigenvalue weighted by Crippen LogP contribution is -2.01. The van der Waals surface area contributed by atoms with Crippen molar-refractivity contribution < 1.29 is 13.2 Å². The Kier molecular flexibility index (Phi) is 4.07. The third-order valence-corrected chi connectivity index (χ3v) is 3.95. The fourth-order valence-electron chi connectivity index (χ4n) is 1.23. The number of aromatic nitrogens is 2. The van der Waals surface area contributed by atoms with E-state index in [4.69, 9.17) is 0 Å². The van der Waals surface area contributed by atoms with Gasteiger partial charge in [0.2, 0.25) is 0 Å². The van der Waals surface area contributed by atoms with E-state index in [2.05, 4.69) is 15.5 Å². The number of benzene rings is 1. The summed E-state index contributed by atoms with van der Waals surface area (Å²) in [5, 5.41) is 11.2. The first-order valence-electron chi connectivity index (χ1n) is 4.85. The van der Waals surface area contributed by atoms with Gasteiger partial charge in [0.05, 0.1) is 6.54 Å². The zero-order valence-corrected chi connectivity index (χ0v) is 10.8. The van der Waals surface area contributed by atoms with Crippen molar-refractivity contribution >= 4 is 28.8 Å². The fraction of sp³-hybridized carbons (Fsp3) is 0.200. The van der Waals surface area contributed by atoms with E-state index in [1.807, 2.05) is 6.26 Å². The highest BCUT2D eigenvalue weighted by Crippen LogP contribution is 2.21. The molecule has 0 spiro atoms. The van der Waals surface area contributed by atoms with Crippen molar-refractivity contribution in [3.8, 4) is 0 Å². The molecule has 8 heteroatoms. The van der Waals surface area contributed by atoms with Crippen LogP contribution in [-0.4, -0.2) is 16.5 Å². The Morgan fingerprint density at radius 2 is 1.89 bits per heavy atom. The monoisotopic (exact) mass is 291 g/mol. The van der Waals surface area contributed by atoms with Crippen LogP contribution in [0.3, 0.4) is 0 Å². The molecular formula is C10H8F3N3S2. The molecule has 3 nitrogen and oxygen atoms in total. The van der Waals surface area contributed by atoms with E-state index >= 15 is 0 Å². The van der Waals surface area contributed by atoms with E-state index in [0.717, 1.165) is 16.5 Å². The van der Waals surface area contributed by atoms with E-state index in [-0.39, 0.29) is 12.2 Å². The molecule has 0 amide bonds. The van der Waals surface area contributed by atoms with E-state index in [9.17, 15) is 13.2 Å². The molecule has 1 aromatic carbocycles. The third kappa shape index (κ3) is 2.94. The van der Waals surface area contributed by atoms with Gasteiger partial charge in [0.1, 0.15) is 5.01 Å². The summed E-state index contributed by atoms with van der Waals surface area (Å²) in [4.78, 5) is 0. The van der Waals surface area contributed by atoms with Gasteiger partial charge in [-0.25, -0.2) is 13.2 Å². The van der Waals surface area contributed by atoms with Crippen LogP contribution in [0, 0.1) is 17.5 Å². The molecule has 0 atom stereocenters.